The van der Waals surface area contributed by atoms with E-state index in [2.05, 4.69) is 17.3 Å². The lowest BCUT2D eigenvalue weighted by Crippen LogP contribution is -2.37. The Morgan fingerprint density at radius 1 is 1.77 bits per heavy atom. The predicted octanol–water partition coefficient (Wildman–Crippen LogP) is 1.28. The van der Waals surface area contributed by atoms with Crippen LogP contribution < -0.4 is 5.73 Å². The van der Waals surface area contributed by atoms with E-state index in [4.69, 9.17) is 10.5 Å². The Morgan fingerprint density at radius 2 is 2.62 bits per heavy atom. The van der Waals surface area contributed by atoms with Crippen LogP contribution in [0.4, 0.5) is 0 Å². The van der Waals surface area contributed by atoms with E-state index >= 15 is 0 Å². The van der Waals surface area contributed by atoms with E-state index in [-0.39, 0.29) is 5.54 Å². The highest BCUT2D eigenvalue weighted by atomic mass is 32.1. The fourth-order valence-corrected chi connectivity index (χ4v) is 2.34. The molecule has 1 aliphatic heterocycles. The summed E-state index contributed by atoms with van der Waals surface area (Å²) in [5.41, 5.74) is 6.86. The first-order valence-corrected chi connectivity index (χ1v) is 5.44. The van der Waals surface area contributed by atoms with Crippen LogP contribution in [-0.2, 0) is 16.7 Å². The number of aromatic nitrogens is 1. The minimum absolute atomic E-state index is 0.316. The van der Waals surface area contributed by atoms with Crippen molar-refractivity contribution in [3.8, 4) is 0 Å². The third-order valence-electron chi connectivity index (χ3n) is 2.42. The van der Waals surface area contributed by atoms with Gasteiger partial charge in [-0.15, -0.1) is 11.3 Å². The molecule has 4 heteroatoms. The second-order valence-electron chi connectivity index (χ2n) is 3.44. The van der Waals surface area contributed by atoms with E-state index < -0.39 is 0 Å². The number of aryl methyl sites for hydroxylation is 1. The van der Waals surface area contributed by atoms with Crippen LogP contribution in [0.15, 0.2) is 5.38 Å². The Hall–Kier alpha value is -0.450. The number of thiazole rings is 1. The quantitative estimate of drug-likeness (QED) is 0.778. The minimum atomic E-state index is -0.316. The summed E-state index contributed by atoms with van der Waals surface area (Å²) >= 11 is 1.69. The van der Waals surface area contributed by atoms with Gasteiger partial charge < -0.3 is 10.5 Å². The van der Waals surface area contributed by atoms with Crippen LogP contribution >= 0.6 is 11.3 Å². The van der Waals surface area contributed by atoms with E-state index in [1.54, 1.807) is 11.3 Å². The van der Waals surface area contributed by atoms with E-state index in [0.717, 1.165) is 30.2 Å². The largest absolute Gasteiger partial charge is 0.379 e. The second-order valence-corrected chi connectivity index (χ2v) is 4.38. The van der Waals surface area contributed by atoms with Crippen molar-refractivity contribution in [1.82, 2.24) is 4.98 Å². The lowest BCUT2D eigenvalue weighted by Gasteiger charge is -2.18. The average molecular weight is 198 g/mol. The van der Waals surface area contributed by atoms with Crippen molar-refractivity contribution in [3.05, 3.63) is 16.1 Å². The molecule has 3 nitrogen and oxygen atoms in total. The zero-order valence-electron chi connectivity index (χ0n) is 7.75. The Bertz CT molecular complexity index is 292. The van der Waals surface area contributed by atoms with Crippen LogP contribution in [0, 0.1) is 0 Å². The monoisotopic (exact) mass is 198 g/mol. The fraction of sp³-hybridized carbons (Fsp3) is 0.667. The molecule has 2 rings (SSSR count). The van der Waals surface area contributed by atoms with Gasteiger partial charge in [-0.05, 0) is 12.8 Å². The highest BCUT2D eigenvalue weighted by Gasteiger charge is 2.34. The van der Waals surface area contributed by atoms with Crippen LogP contribution in [0.3, 0.4) is 0 Å². The lowest BCUT2D eigenvalue weighted by molar-refractivity contribution is 0.177. The Morgan fingerprint density at radius 3 is 3.15 bits per heavy atom. The van der Waals surface area contributed by atoms with Gasteiger partial charge in [-0.3, -0.25) is 0 Å². The molecule has 2 heterocycles. The van der Waals surface area contributed by atoms with Crippen LogP contribution in [0.25, 0.3) is 0 Å². The predicted molar refractivity (Wildman–Crippen MR) is 52.8 cm³/mol. The van der Waals surface area contributed by atoms with Crippen LogP contribution in [0.1, 0.15) is 24.0 Å². The average Bonchev–Trinajstić information content (AvgIpc) is 2.72. The summed E-state index contributed by atoms with van der Waals surface area (Å²) in [5, 5.41) is 3.22. The fourth-order valence-electron chi connectivity index (χ4n) is 1.48. The summed E-state index contributed by atoms with van der Waals surface area (Å²) < 4.78 is 5.30. The normalized spacial score (nSPS) is 28.2. The van der Waals surface area contributed by atoms with Gasteiger partial charge in [-0.2, -0.15) is 0 Å². The highest BCUT2D eigenvalue weighted by Crippen LogP contribution is 2.28. The topological polar surface area (TPSA) is 48.1 Å². The molecule has 0 amide bonds. The van der Waals surface area contributed by atoms with Gasteiger partial charge >= 0.3 is 0 Å². The van der Waals surface area contributed by atoms with E-state index in [1.165, 1.54) is 0 Å². The molecular weight excluding hydrogens is 184 g/mol. The number of hydrogen-bond donors (Lipinski definition) is 1. The first-order chi connectivity index (χ1) is 6.24. The molecule has 0 aliphatic carbocycles. The molecule has 0 spiro atoms. The van der Waals surface area contributed by atoms with Gasteiger partial charge in [0.15, 0.2) is 0 Å². The summed E-state index contributed by atoms with van der Waals surface area (Å²) in [7, 11) is 0. The van der Waals surface area contributed by atoms with E-state index in [0.29, 0.717) is 6.61 Å². The van der Waals surface area contributed by atoms with Crippen LogP contribution in [-0.4, -0.2) is 18.2 Å². The molecule has 1 atom stereocenters. The van der Waals surface area contributed by atoms with Crippen LogP contribution in [0.2, 0.25) is 0 Å². The van der Waals surface area contributed by atoms with Gasteiger partial charge in [0.05, 0.1) is 22.8 Å². The van der Waals surface area contributed by atoms with Crippen LogP contribution in [0.5, 0.6) is 0 Å². The van der Waals surface area contributed by atoms with Crippen molar-refractivity contribution in [1.29, 1.82) is 0 Å². The molecule has 2 N–H and O–H groups in total. The lowest BCUT2D eigenvalue weighted by atomic mass is 9.97. The molecule has 0 aromatic carbocycles. The standard InChI is InChI=1S/C9H14N2OS/c1-2-8-11-7(5-13-8)9(10)3-4-12-6-9/h5H,2-4,6,10H2,1H3. The van der Waals surface area contributed by atoms with Crippen molar-refractivity contribution in [2.24, 2.45) is 5.73 Å². The third-order valence-corrected chi connectivity index (χ3v) is 3.41. The van der Waals surface area contributed by atoms with Gasteiger partial charge in [0.1, 0.15) is 0 Å². The molecule has 0 saturated carbocycles. The summed E-state index contributed by atoms with van der Waals surface area (Å²) in [6, 6.07) is 0. The van der Waals surface area contributed by atoms with Gasteiger partial charge in [-0.25, -0.2) is 4.98 Å². The van der Waals surface area contributed by atoms with Gasteiger partial charge in [-0.1, -0.05) is 6.92 Å². The molecule has 13 heavy (non-hydrogen) atoms. The maximum atomic E-state index is 6.17. The summed E-state index contributed by atoms with van der Waals surface area (Å²) in [5.74, 6) is 0. The Kier molecular flexibility index (Phi) is 2.36. The molecule has 0 radical (unpaired) electrons. The van der Waals surface area contributed by atoms with Crippen molar-refractivity contribution in [3.63, 3.8) is 0 Å². The molecular formula is C9H14N2OS. The molecule has 1 fully saturated rings. The van der Waals surface area contributed by atoms with Crippen molar-refractivity contribution < 1.29 is 4.74 Å². The number of rotatable bonds is 2. The first kappa shape index (κ1) is 9.12. The van der Waals surface area contributed by atoms with Crippen molar-refractivity contribution in [2.45, 2.75) is 25.3 Å². The molecule has 1 saturated heterocycles. The van der Waals surface area contributed by atoms with Gasteiger partial charge in [0.25, 0.3) is 0 Å². The first-order valence-electron chi connectivity index (χ1n) is 4.56. The third kappa shape index (κ3) is 1.61. The molecule has 1 unspecified atom stereocenters. The minimum Gasteiger partial charge on any atom is -0.379 e. The maximum Gasteiger partial charge on any atom is 0.0926 e. The maximum absolute atomic E-state index is 6.17. The molecule has 1 aromatic rings. The number of hydrogen-bond acceptors (Lipinski definition) is 4. The number of ether oxygens (including phenoxy) is 1. The zero-order chi connectivity index (χ0) is 9.31. The highest BCUT2D eigenvalue weighted by molar-refractivity contribution is 7.09. The van der Waals surface area contributed by atoms with Crippen molar-refractivity contribution >= 4 is 11.3 Å². The summed E-state index contributed by atoms with van der Waals surface area (Å²) in [4.78, 5) is 4.50. The molecule has 1 aliphatic rings. The second kappa shape index (κ2) is 3.36. The number of nitrogens with two attached hydrogens (primary N) is 1. The number of nitrogens with zero attached hydrogens (tertiary/aromatic N) is 1. The summed E-state index contributed by atoms with van der Waals surface area (Å²) in [6.07, 6.45) is 1.88. The SMILES string of the molecule is CCc1nc(C2(N)CCOC2)cs1. The Balaban J connectivity index is 2.23. The van der Waals surface area contributed by atoms with Gasteiger partial charge in [0.2, 0.25) is 0 Å². The van der Waals surface area contributed by atoms with Crippen molar-refractivity contribution in [2.75, 3.05) is 13.2 Å². The van der Waals surface area contributed by atoms with E-state index in [9.17, 15) is 0 Å². The smallest absolute Gasteiger partial charge is 0.0926 e. The summed E-state index contributed by atoms with van der Waals surface area (Å²) in [6.45, 7) is 3.48. The Labute approximate surface area is 81.9 Å². The molecule has 0 bridgehead atoms. The molecule has 72 valence electrons. The van der Waals surface area contributed by atoms with Gasteiger partial charge in [0, 0.05) is 12.0 Å². The molecule has 1 aromatic heterocycles. The van der Waals surface area contributed by atoms with E-state index in [1.807, 2.05) is 0 Å². The zero-order valence-corrected chi connectivity index (χ0v) is 8.56.